The van der Waals surface area contributed by atoms with E-state index >= 15 is 0 Å². The van der Waals surface area contributed by atoms with Crippen LogP contribution in [0, 0.1) is 6.92 Å². The molecular formula is C15H20N6O. The van der Waals surface area contributed by atoms with Gasteiger partial charge in [0.2, 0.25) is 0 Å². The first-order valence-electron chi connectivity index (χ1n) is 7.28. The molecule has 22 heavy (non-hydrogen) atoms. The highest BCUT2D eigenvalue weighted by atomic mass is 16.2. The molecule has 3 N–H and O–H groups in total. The number of aryl methyl sites for hydroxylation is 1. The second kappa shape index (κ2) is 5.76. The summed E-state index contributed by atoms with van der Waals surface area (Å²) >= 11 is 0. The van der Waals surface area contributed by atoms with Crippen molar-refractivity contribution in [2.75, 3.05) is 26.7 Å². The maximum Gasteiger partial charge on any atom is 0.315 e. The van der Waals surface area contributed by atoms with E-state index in [1.165, 1.54) is 0 Å². The van der Waals surface area contributed by atoms with Gasteiger partial charge in [0.25, 0.3) is 0 Å². The third-order valence-electron chi connectivity index (χ3n) is 4.00. The molecule has 116 valence electrons. The predicted octanol–water partition coefficient (Wildman–Crippen LogP) is 1.15. The van der Waals surface area contributed by atoms with Crippen molar-refractivity contribution >= 4 is 6.03 Å². The number of pyridine rings is 1. The molecular weight excluding hydrogens is 280 g/mol. The molecule has 1 unspecified atom stereocenters. The van der Waals surface area contributed by atoms with Crippen molar-refractivity contribution in [3.8, 4) is 11.3 Å². The molecule has 0 radical (unpaired) electrons. The summed E-state index contributed by atoms with van der Waals surface area (Å²) in [5.74, 6) is 0. The van der Waals surface area contributed by atoms with Crippen molar-refractivity contribution in [2.24, 2.45) is 5.73 Å². The molecule has 0 saturated carbocycles. The minimum Gasteiger partial charge on any atom is -0.351 e. The quantitative estimate of drug-likeness (QED) is 0.870. The average Bonchev–Trinajstić information content (AvgIpc) is 2.93. The number of carbonyl (C=O) groups is 1. The van der Waals surface area contributed by atoms with Crippen molar-refractivity contribution < 1.29 is 4.79 Å². The largest absolute Gasteiger partial charge is 0.351 e. The fourth-order valence-electron chi connectivity index (χ4n) is 2.87. The van der Waals surface area contributed by atoms with Crippen LogP contribution in [0.15, 0.2) is 24.4 Å². The number of rotatable bonds is 2. The molecule has 2 aromatic heterocycles. The van der Waals surface area contributed by atoms with Crippen molar-refractivity contribution in [1.29, 1.82) is 0 Å². The van der Waals surface area contributed by atoms with Crippen molar-refractivity contribution in [2.45, 2.75) is 13.0 Å². The third kappa shape index (κ3) is 2.67. The van der Waals surface area contributed by atoms with Gasteiger partial charge >= 0.3 is 6.03 Å². The van der Waals surface area contributed by atoms with Gasteiger partial charge < -0.3 is 15.5 Å². The summed E-state index contributed by atoms with van der Waals surface area (Å²) in [6, 6.07) is 5.26. The number of primary amides is 1. The molecule has 0 spiro atoms. The molecule has 7 heteroatoms. The number of likely N-dealkylation sites (N-methyl/N-ethyl adjacent to an activating group) is 1. The minimum atomic E-state index is -0.409. The van der Waals surface area contributed by atoms with E-state index in [1.54, 1.807) is 11.1 Å². The number of carbonyl (C=O) groups excluding carboxylic acids is 1. The number of nitrogens with one attached hydrogen (secondary N) is 1. The van der Waals surface area contributed by atoms with Gasteiger partial charge in [0, 0.05) is 37.1 Å². The Bertz CT molecular complexity index is 682. The van der Waals surface area contributed by atoms with E-state index in [-0.39, 0.29) is 6.04 Å². The Morgan fingerprint density at radius 3 is 2.95 bits per heavy atom. The number of urea groups is 1. The molecule has 0 aromatic carbocycles. The van der Waals surface area contributed by atoms with Crippen LogP contribution in [0.3, 0.4) is 0 Å². The molecule has 1 atom stereocenters. The highest BCUT2D eigenvalue weighted by Crippen LogP contribution is 2.31. The zero-order chi connectivity index (χ0) is 15.7. The summed E-state index contributed by atoms with van der Waals surface area (Å²) in [4.78, 5) is 20.2. The van der Waals surface area contributed by atoms with Crippen LogP contribution < -0.4 is 5.73 Å². The van der Waals surface area contributed by atoms with Gasteiger partial charge in [-0.2, -0.15) is 5.10 Å². The smallest absolute Gasteiger partial charge is 0.315 e. The van der Waals surface area contributed by atoms with Crippen LogP contribution in [0.25, 0.3) is 11.3 Å². The van der Waals surface area contributed by atoms with E-state index in [0.29, 0.717) is 13.1 Å². The molecule has 1 aliphatic rings. The number of aromatic nitrogens is 3. The zero-order valence-electron chi connectivity index (χ0n) is 12.8. The van der Waals surface area contributed by atoms with Gasteiger partial charge in [0.1, 0.15) is 0 Å². The lowest BCUT2D eigenvalue weighted by molar-refractivity contribution is 0.112. The molecule has 3 rings (SSSR count). The van der Waals surface area contributed by atoms with Crippen LogP contribution in [0.5, 0.6) is 0 Å². The van der Waals surface area contributed by atoms with E-state index in [4.69, 9.17) is 5.73 Å². The van der Waals surface area contributed by atoms with E-state index in [1.807, 2.05) is 32.2 Å². The van der Waals surface area contributed by atoms with Gasteiger partial charge in [0.05, 0.1) is 17.4 Å². The van der Waals surface area contributed by atoms with Crippen molar-refractivity contribution in [1.82, 2.24) is 25.0 Å². The maximum absolute atomic E-state index is 11.8. The summed E-state index contributed by atoms with van der Waals surface area (Å²) < 4.78 is 0. The monoisotopic (exact) mass is 300 g/mol. The van der Waals surface area contributed by atoms with E-state index < -0.39 is 6.03 Å². The topological polar surface area (TPSA) is 91.1 Å². The van der Waals surface area contributed by atoms with Crippen LogP contribution >= 0.6 is 0 Å². The molecule has 3 heterocycles. The molecule has 1 fully saturated rings. The van der Waals surface area contributed by atoms with Gasteiger partial charge in [-0.15, -0.1) is 0 Å². The summed E-state index contributed by atoms with van der Waals surface area (Å²) in [5.41, 5.74) is 9.13. The summed E-state index contributed by atoms with van der Waals surface area (Å²) in [7, 11) is 2.03. The lowest BCUT2D eigenvalue weighted by Crippen LogP contribution is -2.51. The van der Waals surface area contributed by atoms with Gasteiger partial charge in [-0.3, -0.25) is 10.1 Å². The Balaban J connectivity index is 2.04. The second-order valence-corrected chi connectivity index (χ2v) is 5.68. The van der Waals surface area contributed by atoms with Gasteiger partial charge in [0.15, 0.2) is 0 Å². The Kier molecular flexibility index (Phi) is 3.81. The van der Waals surface area contributed by atoms with Gasteiger partial charge in [-0.1, -0.05) is 0 Å². The maximum atomic E-state index is 11.8. The first-order chi connectivity index (χ1) is 10.6. The van der Waals surface area contributed by atoms with E-state index in [9.17, 15) is 4.79 Å². The first-order valence-corrected chi connectivity index (χ1v) is 7.28. The number of aromatic amines is 1. The van der Waals surface area contributed by atoms with Crippen LogP contribution in [0.1, 0.15) is 17.4 Å². The van der Waals surface area contributed by atoms with Crippen molar-refractivity contribution in [3.05, 3.63) is 35.8 Å². The second-order valence-electron chi connectivity index (χ2n) is 5.68. The van der Waals surface area contributed by atoms with Crippen molar-refractivity contribution in [3.63, 3.8) is 0 Å². The first kappa shape index (κ1) is 14.5. The lowest BCUT2D eigenvalue weighted by Gasteiger charge is -2.39. The summed E-state index contributed by atoms with van der Waals surface area (Å²) in [6.07, 6.45) is 1.74. The Morgan fingerprint density at radius 2 is 2.27 bits per heavy atom. The number of amides is 2. The zero-order valence-corrected chi connectivity index (χ0v) is 12.8. The average molecular weight is 300 g/mol. The number of nitrogens with zero attached hydrogens (tertiary/aromatic N) is 4. The predicted molar refractivity (Wildman–Crippen MR) is 83.1 cm³/mol. The minimum absolute atomic E-state index is 0.163. The Labute approximate surface area is 129 Å². The Hall–Kier alpha value is -2.41. The molecule has 0 bridgehead atoms. The SMILES string of the molecule is Cc1cc(-c2cccnc2C2CN(C)CCN2C(N)=O)n[nH]1. The molecule has 2 amide bonds. The highest BCUT2D eigenvalue weighted by molar-refractivity contribution is 5.73. The third-order valence-corrected chi connectivity index (χ3v) is 4.00. The van der Waals surface area contributed by atoms with Crippen LogP contribution in [-0.2, 0) is 0 Å². The van der Waals surface area contributed by atoms with E-state index in [0.717, 1.165) is 29.2 Å². The molecule has 1 aliphatic heterocycles. The fraction of sp³-hybridized carbons (Fsp3) is 0.400. The van der Waals surface area contributed by atoms with Crippen LogP contribution in [0.2, 0.25) is 0 Å². The normalized spacial score (nSPS) is 19.4. The summed E-state index contributed by atoms with van der Waals surface area (Å²) in [6.45, 7) is 4.07. The fourth-order valence-corrected chi connectivity index (χ4v) is 2.87. The highest BCUT2D eigenvalue weighted by Gasteiger charge is 2.32. The lowest BCUT2D eigenvalue weighted by atomic mass is 10.0. The molecule has 2 aromatic rings. The molecule has 0 aliphatic carbocycles. The molecule has 7 nitrogen and oxygen atoms in total. The van der Waals surface area contributed by atoms with E-state index in [2.05, 4.69) is 20.1 Å². The number of H-pyrrole nitrogens is 1. The number of hydrogen-bond acceptors (Lipinski definition) is 4. The van der Waals surface area contributed by atoms with Gasteiger partial charge in [-0.25, -0.2) is 4.79 Å². The van der Waals surface area contributed by atoms with Crippen LogP contribution in [-0.4, -0.2) is 57.7 Å². The summed E-state index contributed by atoms with van der Waals surface area (Å²) in [5, 5.41) is 7.26. The standard InChI is InChI=1S/C15H20N6O/c1-10-8-12(19-18-10)11-4-3-5-17-14(11)13-9-20(2)6-7-21(13)15(16)22/h3-5,8,13H,6-7,9H2,1-2H3,(H2,16,22)(H,18,19). The number of hydrogen-bond donors (Lipinski definition) is 2. The number of piperazine rings is 1. The Morgan fingerprint density at radius 1 is 1.45 bits per heavy atom. The number of nitrogens with two attached hydrogens (primary N) is 1. The van der Waals surface area contributed by atoms with Crippen LogP contribution in [0.4, 0.5) is 4.79 Å². The van der Waals surface area contributed by atoms with Gasteiger partial charge in [-0.05, 0) is 32.2 Å². The molecule has 1 saturated heterocycles.